The van der Waals surface area contributed by atoms with E-state index in [2.05, 4.69) is 0 Å². The topological polar surface area (TPSA) is 114 Å². The average molecular weight is 447 g/mol. The fraction of sp³-hybridized carbons (Fsp3) is 0.250. The molecule has 0 aliphatic carbocycles. The van der Waals surface area contributed by atoms with E-state index in [-0.39, 0.29) is 27.3 Å². The molecule has 2 heterocycles. The summed E-state index contributed by atoms with van der Waals surface area (Å²) in [6, 6.07) is 8.26. The van der Waals surface area contributed by atoms with Crippen LogP contribution in [-0.4, -0.2) is 37.2 Å². The Morgan fingerprint density at radius 2 is 2.10 bits per heavy atom. The van der Waals surface area contributed by atoms with E-state index in [0.717, 1.165) is 16.7 Å². The zero-order valence-electron chi connectivity index (χ0n) is 16.1. The summed E-state index contributed by atoms with van der Waals surface area (Å²) in [5.41, 5.74) is 0.468. The Labute approximate surface area is 181 Å². The number of carbonyl (C=O) groups is 2. The van der Waals surface area contributed by atoms with Gasteiger partial charge in [0.1, 0.15) is 21.9 Å². The summed E-state index contributed by atoms with van der Waals surface area (Å²) in [6.07, 6.45) is 1.78. The van der Waals surface area contributed by atoms with Gasteiger partial charge >= 0.3 is 5.97 Å². The Bertz CT molecular complexity index is 1060. The van der Waals surface area contributed by atoms with Crippen molar-refractivity contribution in [3.63, 3.8) is 0 Å². The molecule has 0 bridgehead atoms. The maximum atomic E-state index is 12.8. The standard InChI is InChI=1S/C20H18N2O6S2/c1-11(2)8-15(19(24)25)21-18(23)17(30-20(21)29)10-14-6-7-16(28-14)12-4-3-5-13(9-12)22(26)27/h3-7,9-11,15H,8H2,1-2H3,(H,24,25)/b17-10+. The molecule has 10 heteroatoms. The molecule has 1 aliphatic rings. The lowest BCUT2D eigenvalue weighted by Gasteiger charge is -2.24. The van der Waals surface area contributed by atoms with Gasteiger partial charge in [0.2, 0.25) is 0 Å². The van der Waals surface area contributed by atoms with Crippen LogP contribution in [0.25, 0.3) is 17.4 Å². The molecule has 30 heavy (non-hydrogen) atoms. The van der Waals surface area contributed by atoms with Gasteiger partial charge < -0.3 is 9.52 Å². The van der Waals surface area contributed by atoms with Crippen LogP contribution in [0.4, 0.5) is 5.69 Å². The summed E-state index contributed by atoms with van der Waals surface area (Å²) in [4.78, 5) is 36.3. The highest BCUT2D eigenvalue weighted by atomic mass is 32.2. The summed E-state index contributed by atoms with van der Waals surface area (Å²) >= 11 is 6.27. The number of rotatable bonds is 7. The first-order valence-corrected chi connectivity index (χ1v) is 10.2. The van der Waals surface area contributed by atoms with Gasteiger partial charge in [-0.1, -0.05) is 50.0 Å². The van der Waals surface area contributed by atoms with E-state index in [0.29, 0.717) is 17.1 Å². The number of carboxylic acid groups (broad SMARTS) is 1. The van der Waals surface area contributed by atoms with Crippen LogP contribution < -0.4 is 0 Å². The van der Waals surface area contributed by atoms with Crippen LogP contribution in [0.1, 0.15) is 26.0 Å². The number of nitro groups is 1. The number of nitro benzene ring substituents is 1. The molecular formula is C20H18N2O6S2. The number of benzene rings is 1. The zero-order chi connectivity index (χ0) is 22.0. The van der Waals surface area contributed by atoms with Crippen molar-refractivity contribution in [1.82, 2.24) is 4.90 Å². The molecule has 1 aromatic heterocycles. The van der Waals surface area contributed by atoms with Crippen LogP contribution in [-0.2, 0) is 9.59 Å². The number of hydrogen-bond acceptors (Lipinski definition) is 7. The van der Waals surface area contributed by atoms with E-state index in [1.54, 1.807) is 24.3 Å². The fourth-order valence-corrected chi connectivity index (χ4v) is 4.34. The number of thioether (sulfide) groups is 1. The number of nitrogens with zero attached hydrogens (tertiary/aromatic N) is 2. The van der Waals surface area contributed by atoms with E-state index in [1.807, 2.05) is 13.8 Å². The molecule has 0 spiro atoms. The lowest BCUT2D eigenvalue weighted by Crippen LogP contribution is -2.44. The molecule has 3 rings (SSSR count). The third-order valence-electron chi connectivity index (χ3n) is 4.36. The Balaban J connectivity index is 1.85. The number of aliphatic carboxylic acids is 1. The molecule has 1 atom stereocenters. The van der Waals surface area contributed by atoms with Gasteiger partial charge in [-0.15, -0.1) is 0 Å². The number of thiocarbonyl (C=S) groups is 1. The first kappa shape index (κ1) is 21.7. The molecule has 1 N–H and O–H groups in total. The van der Waals surface area contributed by atoms with Crippen molar-refractivity contribution in [2.45, 2.75) is 26.3 Å². The zero-order valence-corrected chi connectivity index (χ0v) is 17.7. The second-order valence-corrected chi connectivity index (χ2v) is 8.72. The lowest BCUT2D eigenvalue weighted by atomic mass is 10.0. The molecule has 2 aromatic rings. The van der Waals surface area contributed by atoms with E-state index >= 15 is 0 Å². The molecule has 0 saturated carbocycles. The minimum Gasteiger partial charge on any atom is -0.480 e. The molecule has 156 valence electrons. The summed E-state index contributed by atoms with van der Waals surface area (Å²) in [5, 5.41) is 20.5. The van der Waals surface area contributed by atoms with Gasteiger partial charge in [0, 0.05) is 23.8 Å². The van der Waals surface area contributed by atoms with Gasteiger partial charge in [-0.3, -0.25) is 19.8 Å². The van der Waals surface area contributed by atoms with Crippen molar-refractivity contribution >= 4 is 51.9 Å². The van der Waals surface area contributed by atoms with E-state index in [1.165, 1.54) is 18.2 Å². The number of non-ortho nitro benzene ring substituents is 1. The predicted molar refractivity (Wildman–Crippen MR) is 117 cm³/mol. The normalized spacial score (nSPS) is 16.5. The maximum absolute atomic E-state index is 12.8. The highest BCUT2D eigenvalue weighted by molar-refractivity contribution is 8.26. The fourth-order valence-electron chi connectivity index (χ4n) is 3.00. The smallest absolute Gasteiger partial charge is 0.326 e. The van der Waals surface area contributed by atoms with Crippen LogP contribution in [0.3, 0.4) is 0 Å². The third kappa shape index (κ3) is 4.60. The lowest BCUT2D eigenvalue weighted by molar-refractivity contribution is -0.384. The molecule has 1 amide bonds. The monoisotopic (exact) mass is 446 g/mol. The largest absolute Gasteiger partial charge is 0.480 e. The summed E-state index contributed by atoms with van der Waals surface area (Å²) in [5.74, 6) is -0.753. The third-order valence-corrected chi connectivity index (χ3v) is 5.69. The quantitative estimate of drug-likeness (QED) is 0.285. The molecule has 1 saturated heterocycles. The minimum absolute atomic E-state index is 0.0591. The highest BCUT2D eigenvalue weighted by Crippen LogP contribution is 2.36. The summed E-state index contributed by atoms with van der Waals surface area (Å²) in [6.45, 7) is 3.75. The molecule has 1 fully saturated rings. The van der Waals surface area contributed by atoms with E-state index < -0.39 is 22.8 Å². The molecule has 1 aromatic carbocycles. The van der Waals surface area contributed by atoms with Gasteiger partial charge in [-0.25, -0.2) is 4.79 Å². The molecule has 1 aliphatic heterocycles. The van der Waals surface area contributed by atoms with Crippen LogP contribution >= 0.6 is 24.0 Å². The maximum Gasteiger partial charge on any atom is 0.326 e. The first-order valence-electron chi connectivity index (χ1n) is 9.02. The van der Waals surface area contributed by atoms with Crippen LogP contribution in [0.15, 0.2) is 45.7 Å². The second kappa shape index (κ2) is 8.80. The van der Waals surface area contributed by atoms with Crippen LogP contribution in [0, 0.1) is 16.0 Å². The molecular weight excluding hydrogens is 428 g/mol. The van der Waals surface area contributed by atoms with Gasteiger partial charge in [0.15, 0.2) is 0 Å². The predicted octanol–water partition coefficient (Wildman–Crippen LogP) is 4.56. The second-order valence-electron chi connectivity index (χ2n) is 7.04. The van der Waals surface area contributed by atoms with Gasteiger partial charge in [-0.2, -0.15) is 0 Å². The van der Waals surface area contributed by atoms with Crippen LogP contribution in [0.2, 0.25) is 0 Å². The van der Waals surface area contributed by atoms with Crippen molar-refractivity contribution in [1.29, 1.82) is 0 Å². The Hall–Kier alpha value is -2.98. The SMILES string of the molecule is CC(C)CC(C(=O)O)N1C(=O)/C(=C\c2ccc(-c3cccc([N+](=O)[O-])c3)o2)SC1=S. The van der Waals surface area contributed by atoms with Crippen molar-refractivity contribution in [2.24, 2.45) is 5.92 Å². The summed E-state index contributed by atoms with van der Waals surface area (Å²) in [7, 11) is 0. The number of furan rings is 1. The molecule has 1 unspecified atom stereocenters. The van der Waals surface area contributed by atoms with Gasteiger partial charge in [-0.05, 0) is 24.5 Å². The van der Waals surface area contributed by atoms with E-state index in [9.17, 15) is 24.8 Å². The van der Waals surface area contributed by atoms with E-state index in [4.69, 9.17) is 16.6 Å². The van der Waals surface area contributed by atoms with Crippen molar-refractivity contribution in [2.75, 3.05) is 0 Å². The molecule has 0 radical (unpaired) electrons. The number of carboxylic acids is 1. The van der Waals surface area contributed by atoms with Crippen molar-refractivity contribution < 1.29 is 24.0 Å². The van der Waals surface area contributed by atoms with Crippen LogP contribution in [0.5, 0.6) is 0 Å². The minimum atomic E-state index is -1.10. The number of hydrogen-bond donors (Lipinski definition) is 1. The van der Waals surface area contributed by atoms with Gasteiger partial charge in [0.05, 0.1) is 9.83 Å². The number of carbonyl (C=O) groups excluding carboxylic acids is 1. The Morgan fingerprint density at radius 3 is 2.73 bits per heavy atom. The van der Waals surface area contributed by atoms with Crippen molar-refractivity contribution in [3.8, 4) is 11.3 Å². The average Bonchev–Trinajstić information content (AvgIpc) is 3.25. The highest BCUT2D eigenvalue weighted by Gasteiger charge is 2.40. The van der Waals surface area contributed by atoms with Gasteiger partial charge in [0.25, 0.3) is 11.6 Å². The summed E-state index contributed by atoms with van der Waals surface area (Å²) < 4.78 is 5.90. The molecule has 8 nitrogen and oxygen atoms in total. The first-order chi connectivity index (χ1) is 14.2. The number of amides is 1. The Morgan fingerprint density at radius 1 is 1.37 bits per heavy atom. The Kier molecular flexibility index (Phi) is 6.37. The van der Waals surface area contributed by atoms with Crippen molar-refractivity contribution in [3.05, 3.63) is 57.2 Å².